The van der Waals surface area contributed by atoms with Crippen LogP contribution in [0, 0.1) is 6.92 Å². The van der Waals surface area contributed by atoms with Crippen molar-refractivity contribution in [3.63, 3.8) is 0 Å². The van der Waals surface area contributed by atoms with Gasteiger partial charge in [-0.05, 0) is 52.7 Å². The van der Waals surface area contributed by atoms with Crippen molar-refractivity contribution in [1.29, 1.82) is 0 Å². The van der Waals surface area contributed by atoms with E-state index in [1.54, 1.807) is 12.1 Å². The average molecular weight is 349 g/mol. The van der Waals surface area contributed by atoms with Crippen LogP contribution in [0.25, 0.3) is 0 Å². The van der Waals surface area contributed by atoms with E-state index in [9.17, 15) is 4.79 Å². The van der Waals surface area contributed by atoms with E-state index in [2.05, 4.69) is 52.0 Å². The molecule has 21 heavy (non-hydrogen) atoms. The van der Waals surface area contributed by atoms with E-state index >= 15 is 0 Å². The maximum Gasteiger partial charge on any atom is 0.289 e. The highest BCUT2D eigenvalue weighted by atomic mass is 79.9. The Bertz CT molecular complexity index is 645. The summed E-state index contributed by atoms with van der Waals surface area (Å²) in [5.41, 5.74) is 2.48. The van der Waals surface area contributed by atoms with Crippen LogP contribution in [-0.2, 0) is 0 Å². The second-order valence-corrected chi connectivity index (χ2v) is 6.00. The average Bonchev–Trinajstić information content (AvgIpc) is 2.93. The molecular formula is C16H17BrN2O2. The number of nitrogens with zero attached hydrogens (tertiary/aromatic N) is 2. The molecule has 1 aliphatic heterocycles. The van der Waals surface area contributed by atoms with E-state index in [4.69, 9.17) is 4.42 Å². The lowest BCUT2D eigenvalue weighted by Crippen LogP contribution is -2.48. The number of halogens is 1. The first kappa shape index (κ1) is 14.2. The van der Waals surface area contributed by atoms with Crippen LogP contribution in [0.4, 0.5) is 5.69 Å². The molecule has 0 aliphatic carbocycles. The van der Waals surface area contributed by atoms with Crippen LogP contribution in [0.1, 0.15) is 16.1 Å². The van der Waals surface area contributed by atoms with Gasteiger partial charge < -0.3 is 14.2 Å². The van der Waals surface area contributed by atoms with Crippen molar-refractivity contribution < 1.29 is 9.21 Å². The Morgan fingerprint density at radius 2 is 1.90 bits per heavy atom. The highest BCUT2D eigenvalue weighted by Gasteiger charge is 2.24. The molecule has 2 aromatic rings. The van der Waals surface area contributed by atoms with Gasteiger partial charge in [0.25, 0.3) is 5.91 Å². The third kappa shape index (κ3) is 3.13. The van der Waals surface area contributed by atoms with Gasteiger partial charge >= 0.3 is 0 Å². The van der Waals surface area contributed by atoms with Crippen molar-refractivity contribution >= 4 is 27.5 Å². The summed E-state index contributed by atoms with van der Waals surface area (Å²) in [7, 11) is 0. The number of carbonyl (C=O) groups excluding carboxylic acids is 1. The van der Waals surface area contributed by atoms with Crippen LogP contribution in [-0.4, -0.2) is 37.0 Å². The van der Waals surface area contributed by atoms with Crippen molar-refractivity contribution in [2.75, 3.05) is 31.1 Å². The normalized spacial score (nSPS) is 15.3. The maximum atomic E-state index is 12.3. The van der Waals surface area contributed by atoms with Gasteiger partial charge in [0, 0.05) is 31.9 Å². The van der Waals surface area contributed by atoms with E-state index < -0.39 is 0 Å². The topological polar surface area (TPSA) is 36.7 Å². The van der Waals surface area contributed by atoms with Crippen LogP contribution in [0.5, 0.6) is 0 Å². The van der Waals surface area contributed by atoms with Gasteiger partial charge in [0.1, 0.15) is 0 Å². The zero-order valence-electron chi connectivity index (χ0n) is 11.9. The fraction of sp³-hybridized carbons (Fsp3) is 0.312. The van der Waals surface area contributed by atoms with Gasteiger partial charge in [-0.15, -0.1) is 0 Å². The third-order valence-corrected chi connectivity index (χ3v) is 4.14. The van der Waals surface area contributed by atoms with E-state index in [-0.39, 0.29) is 5.91 Å². The van der Waals surface area contributed by atoms with Crippen molar-refractivity contribution in [2.24, 2.45) is 0 Å². The third-order valence-electron chi connectivity index (χ3n) is 3.72. The number of benzene rings is 1. The lowest BCUT2D eigenvalue weighted by atomic mass is 10.2. The minimum atomic E-state index is -0.0374. The fourth-order valence-corrected chi connectivity index (χ4v) is 2.88. The summed E-state index contributed by atoms with van der Waals surface area (Å²) in [6, 6.07) is 11.9. The van der Waals surface area contributed by atoms with Gasteiger partial charge in [-0.1, -0.05) is 12.1 Å². The Morgan fingerprint density at radius 3 is 2.52 bits per heavy atom. The molecule has 1 aromatic carbocycles. The SMILES string of the molecule is Cc1cccc(N2CCN(C(=O)c3ccc(Br)o3)CC2)c1. The standard InChI is InChI=1S/C16H17BrN2O2/c1-12-3-2-4-13(11-12)18-7-9-19(10-8-18)16(20)14-5-6-15(17)21-14/h2-6,11H,7-10H2,1H3. The van der Waals surface area contributed by atoms with Crippen molar-refractivity contribution in [2.45, 2.75) is 6.92 Å². The zero-order valence-corrected chi connectivity index (χ0v) is 13.5. The lowest BCUT2D eigenvalue weighted by molar-refractivity contribution is 0.0713. The second-order valence-electron chi connectivity index (χ2n) is 5.22. The fourth-order valence-electron chi connectivity index (χ4n) is 2.58. The smallest absolute Gasteiger partial charge is 0.289 e. The quantitative estimate of drug-likeness (QED) is 0.835. The van der Waals surface area contributed by atoms with E-state index in [1.165, 1.54) is 11.3 Å². The first-order valence-corrected chi connectivity index (χ1v) is 7.79. The summed E-state index contributed by atoms with van der Waals surface area (Å²) in [5.74, 6) is 0.357. The van der Waals surface area contributed by atoms with Gasteiger partial charge in [0.05, 0.1) is 0 Å². The number of hydrogen-bond donors (Lipinski definition) is 0. The molecule has 1 saturated heterocycles. The number of piperazine rings is 1. The number of hydrogen-bond acceptors (Lipinski definition) is 3. The number of anilines is 1. The number of aryl methyl sites for hydroxylation is 1. The molecule has 0 spiro atoms. The van der Waals surface area contributed by atoms with Gasteiger partial charge in [-0.25, -0.2) is 0 Å². The minimum absolute atomic E-state index is 0.0374. The minimum Gasteiger partial charge on any atom is -0.444 e. The molecule has 1 aromatic heterocycles. The van der Waals surface area contributed by atoms with Crippen molar-refractivity contribution in [1.82, 2.24) is 4.90 Å². The molecular weight excluding hydrogens is 332 g/mol. The van der Waals surface area contributed by atoms with Gasteiger partial charge in [0.15, 0.2) is 10.4 Å². The number of furan rings is 1. The molecule has 0 atom stereocenters. The molecule has 0 radical (unpaired) electrons. The highest BCUT2D eigenvalue weighted by molar-refractivity contribution is 9.10. The summed E-state index contributed by atoms with van der Waals surface area (Å²) in [6.07, 6.45) is 0. The van der Waals surface area contributed by atoms with E-state index in [0.717, 1.165) is 13.1 Å². The molecule has 1 amide bonds. The van der Waals surface area contributed by atoms with E-state index in [0.29, 0.717) is 23.5 Å². The van der Waals surface area contributed by atoms with Crippen LogP contribution in [0.15, 0.2) is 45.5 Å². The molecule has 2 heterocycles. The second kappa shape index (κ2) is 5.93. The number of carbonyl (C=O) groups is 1. The summed E-state index contributed by atoms with van der Waals surface area (Å²) in [5, 5.41) is 0. The summed E-state index contributed by atoms with van der Waals surface area (Å²) >= 11 is 3.23. The predicted molar refractivity (Wildman–Crippen MR) is 85.7 cm³/mol. The van der Waals surface area contributed by atoms with Crippen molar-refractivity contribution in [3.8, 4) is 0 Å². The largest absolute Gasteiger partial charge is 0.444 e. The molecule has 3 rings (SSSR count). The lowest BCUT2D eigenvalue weighted by Gasteiger charge is -2.35. The van der Waals surface area contributed by atoms with E-state index in [1.807, 2.05) is 4.90 Å². The Balaban J connectivity index is 1.64. The molecule has 110 valence electrons. The number of amides is 1. The first-order valence-electron chi connectivity index (χ1n) is 7.00. The van der Waals surface area contributed by atoms with Crippen LogP contribution < -0.4 is 4.90 Å². The first-order chi connectivity index (χ1) is 10.1. The monoisotopic (exact) mass is 348 g/mol. The van der Waals surface area contributed by atoms with Gasteiger partial charge in [0.2, 0.25) is 0 Å². The van der Waals surface area contributed by atoms with Crippen LogP contribution in [0.3, 0.4) is 0 Å². The Hall–Kier alpha value is -1.75. The van der Waals surface area contributed by atoms with Crippen molar-refractivity contribution in [3.05, 3.63) is 52.4 Å². The Labute approximate surface area is 132 Å². The highest BCUT2D eigenvalue weighted by Crippen LogP contribution is 2.20. The Morgan fingerprint density at radius 1 is 1.14 bits per heavy atom. The number of rotatable bonds is 2. The molecule has 4 nitrogen and oxygen atoms in total. The molecule has 0 unspecified atom stereocenters. The molecule has 1 aliphatic rings. The Kier molecular flexibility index (Phi) is 4.01. The summed E-state index contributed by atoms with van der Waals surface area (Å²) in [6.45, 7) is 5.21. The zero-order chi connectivity index (χ0) is 14.8. The predicted octanol–water partition coefficient (Wildman–Crippen LogP) is 3.31. The summed E-state index contributed by atoms with van der Waals surface area (Å²) in [4.78, 5) is 16.5. The molecule has 5 heteroatoms. The molecule has 0 N–H and O–H groups in total. The van der Waals surface area contributed by atoms with Crippen LogP contribution >= 0.6 is 15.9 Å². The molecule has 1 fully saturated rings. The van der Waals surface area contributed by atoms with Gasteiger partial charge in [-0.2, -0.15) is 0 Å². The summed E-state index contributed by atoms with van der Waals surface area (Å²) < 4.78 is 5.92. The molecule has 0 bridgehead atoms. The van der Waals surface area contributed by atoms with Gasteiger partial charge in [-0.3, -0.25) is 4.79 Å². The van der Waals surface area contributed by atoms with Crippen LogP contribution in [0.2, 0.25) is 0 Å². The maximum absolute atomic E-state index is 12.3. The molecule has 0 saturated carbocycles.